The lowest BCUT2D eigenvalue weighted by Crippen LogP contribution is -2.47. The first kappa shape index (κ1) is 13.8. The molecule has 1 aromatic heterocycles. The lowest BCUT2D eigenvalue weighted by atomic mass is 9.95. The number of nitrogens with zero attached hydrogens (tertiary/aromatic N) is 1. The number of rotatable bonds is 4. The SMILES string of the molecule is CCc1cnc(CNC(=O)[C@H]2Cc3ccccc3CN2)o1. The summed E-state index contributed by atoms with van der Waals surface area (Å²) in [5.41, 5.74) is 2.50. The van der Waals surface area contributed by atoms with Gasteiger partial charge in [0.05, 0.1) is 18.8 Å². The molecule has 3 rings (SSSR count). The molecule has 0 radical (unpaired) electrons. The molecule has 0 aliphatic carbocycles. The summed E-state index contributed by atoms with van der Waals surface area (Å²) in [6, 6.07) is 8.01. The van der Waals surface area contributed by atoms with Crippen molar-refractivity contribution in [1.29, 1.82) is 0 Å². The monoisotopic (exact) mass is 285 g/mol. The van der Waals surface area contributed by atoms with Crippen molar-refractivity contribution in [3.05, 3.63) is 53.2 Å². The number of aromatic nitrogens is 1. The first-order valence-corrected chi connectivity index (χ1v) is 7.27. The van der Waals surface area contributed by atoms with Gasteiger partial charge in [-0.25, -0.2) is 4.98 Å². The largest absolute Gasteiger partial charge is 0.444 e. The molecule has 1 atom stereocenters. The zero-order valence-electron chi connectivity index (χ0n) is 12.1. The topological polar surface area (TPSA) is 67.2 Å². The van der Waals surface area contributed by atoms with Crippen LogP contribution in [0, 0.1) is 0 Å². The van der Waals surface area contributed by atoms with Crippen molar-refractivity contribution in [1.82, 2.24) is 15.6 Å². The fraction of sp³-hybridized carbons (Fsp3) is 0.375. The second kappa shape index (κ2) is 6.10. The van der Waals surface area contributed by atoms with E-state index in [-0.39, 0.29) is 11.9 Å². The molecule has 0 bridgehead atoms. The second-order valence-electron chi connectivity index (χ2n) is 5.20. The third kappa shape index (κ3) is 3.13. The summed E-state index contributed by atoms with van der Waals surface area (Å²) in [4.78, 5) is 16.4. The molecule has 1 aliphatic rings. The number of hydrogen-bond acceptors (Lipinski definition) is 4. The minimum absolute atomic E-state index is 0.0132. The molecule has 21 heavy (non-hydrogen) atoms. The molecule has 0 saturated carbocycles. The third-order valence-corrected chi connectivity index (χ3v) is 3.76. The van der Waals surface area contributed by atoms with E-state index in [0.29, 0.717) is 18.9 Å². The zero-order valence-corrected chi connectivity index (χ0v) is 12.1. The number of aryl methyl sites for hydroxylation is 1. The molecule has 2 aromatic rings. The molecular formula is C16H19N3O2. The lowest BCUT2D eigenvalue weighted by Gasteiger charge is -2.25. The number of carbonyl (C=O) groups excluding carboxylic acids is 1. The van der Waals surface area contributed by atoms with Crippen molar-refractivity contribution >= 4 is 5.91 Å². The Morgan fingerprint density at radius 1 is 1.43 bits per heavy atom. The molecule has 0 saturated heterocycles. The first-order chi connectivity index (χ1) is 10.3. The van der Waals surface area contributed by atoms with Crippen LogP contribution in [0.4, 0.5) is 0 Å². The van der Waals surface area contributed by atoms with Gasteiger partial charge in [-0.3, -0.25) is 4.79 Å². The highest BCUT2D eigenvalue weighted by Gasteiger charge is 2.23. The van der Waals surface area contributed by atoms with Gasteiger partial charge in [0, 0.05) is 13.0 Å². The van der Waals surface area contributed by atoms with Crippen LogP contribution < -0.4 is 10.6 Å². The zero-order chi connectivity index (χ0) is 14.7. The number of amides is 1. The van der Waals surface area contributed by atoms with Gasteiger partial charge in [-0.05, 0) is 17.5 Å². The van der Waals surface area contributed by atoms with Gasteiger partial charge in [0.25, 0.3) is 0 Å². The van der Waals surface area contributed by atoms with Crippen molar-refractivity contribution in [2.75, 3.05) is 0 Å². The Hall–Kier alpha value is -2.14. The van der Waals surface area contributed by atoms with Gasteiger partial charge in [0.15, 0.2) is 0 Å². The average molecular weight is 285 g/mol. The highest BCUT2D eigenvalue weighted by atomic mass is 16.4. The van der Waals surface area contributed by atoms with E-state index in [2.05, 4.69) is 27.8 Å². The van der Waals surface area contributed by atoms with Gasteiger partial charge in [0.2, 0.25) is 11.8 Å². The smallest absolute Gasteiger partial charge is 0.237 e. The summed E-state index contributed by atoms with van der Waals surface area (Å²) in [6.45, 7) is 3.07. The highest BCUT2D eigenvalue weighted by Crippen LogP contribution is 2.16. The van der Waals surface area contributed by atoms with Crippen molar-refractivity contribution < 1.29 is 9.21 Å². The Morgan fingerprint density at radius 3 is 3.00 bits per heavy atom. The van der Waals surface area contributed by atoms with Gasteiger partial charge in [0.1, 0.15) is 5.76 Å². The van der Waals surface area contributed by atoms with E-state index >= 15 is 0 Å². The van der Waals surface area contributed by atoms with E-state index < -0.39 is 0 Å². The molecule has 2 N–H and O–H groups in total. The molecule has 0 fully saturated rings. The van der Waals surface area contributed by atoms with E-state index in [4.69, 9.17) is 4.42 Å². The van der Waals surface area contributed by atoms with Gasteiger partial charge in [-0.15, -0.1) is 0 Å². The van der Waals surface area contributed by atoms with Crippen LogP contribution in [0.1, 0.15) is 29.7 Å². The van der Waals surface area contributed by atoms with Gasteiger partial charge in [-0.2, -0.15) is 0 Å². The number of benzene rings is 1. The Bertz CT molecular complexity index is 636. The first-order valence-electron chi connectivity index (χ1n) is 7.27. The Morgan fingerprint density at radius 2 is 2.24 bits per heavy atom. The second-order valence-corrected chi connectivity index (χ2v) is 5.20. The number of oxazole rings is 1. The van der Waals surface area contributed by atoms with Crippen LogP contribution in [0.3, 0.4) is 0 Å². The summed E-state index contributed by atoms with van der Waals surface area (Å²) in [7, 11) is 0. The van der Waals surface area contributed by atoms with Crippen molar-refractivity contribution in [2.24, 2.45) is 0 Å². The maximum atomic E-state index is 12.2. The van der Waals surface area contributed by atoms with Gasteiger partial charge < -0.3 is 15.1 Å². The molecule has 0 spiro atoms. The molecule has 1 aromatic carbocycles. The number of fused-ring (bicyclic) bond motifs is 1. The molecule has 2 heterocycles. The molecule has 110 valence electrons. The summed E-state index contributed by atoms with van der Waals surface area (Å²) in [5, 5.41) is 6.14. The standard InChI is InChI=1S/C16H19N3O2/c1-2-13-9-18-15(21-13)10-19-16(20)14-7-11-5-3-4-6-12(11)8-17-14/h3-6,9,14,17H,2,7-8,10H2,1H3,(H,19,20)/t14-/m1/s1. The number of hydrogen-bond donors (Lipinski definition) is 2. The van der Waals surface area contributed by atoms with Crippen LogP contribution in [0.15, 0.2) is 34.9 Å². The molecule has 5 heteroatoms. The predicted molar refractivity (Wildman–Crippen MR) is 78.5 cm³/mol. The maximum absolute atomic E-state index is 12.2. The van der Waals surface area contributed by atoms with E-state index in [9.17, 15) is 4.79 Å². The lowest BCUT2D eigenvalue weighted by molar-refractivity contribution is -0.123. The fourth-order valence-corrected chi connectivity index (χ4v) is 2.52. The van der Waals surface area contributed by atoms with Crippen LogP contribution in [0.2, 0.25) is 0 Å². The quantitative estimate of drug-likeness (QED) is 0.895. The van der Waals surface area contributed by atoms with E-state index in [0.717, 1.165) is 18.7 Å². The Kier molecular flexibility index (Phi) is 4.01. The normalized spacial score (nSPS) is 17.3. The maximum Gasteiger partial charge on any atom is 0.237 e. The van der Waals surface area contributed by atoms with Crippen molar-refractivity contribution in [3.63, 3.8) is 0 Å². The van der Waals surface area contributed by atoms with Crippen molar-refractivity contribution in [2.45, 2.75) is 38.9 Å². The molecule has 5 nitrogen and oxygen atoms in total. The molecular weight excluding hydrogens is 266 g/mol. The van der Waals surface area contributed by atoms with Gasteiger partial charge in [-0.1, -0.05) is 31.2 Å². The minimum atomic E-state index is -0.194. The summed E-state index contributed by atoms with van der Waals surface area (Å²) in [5.74, 6) is 1.38. The van der Waals surface area contributed by atoms with Crippen LogP contribution in [0.25, 0.3) is 0 Å². The molecule has 1 amide bonds. The third-order valence-electron chi connectivity index (χ3n) is 3.76. The molecule has 1 aliphatic heterocycles. The summed E-state index contributed by atoms with van der Waals surface area (Å²) in [6.07, 6.45) is 3.23. The van der Waals surface area contributed by atoms with Crippen LogP contribution in [0.5, 0.6) is 0 Å². The summed E-state index contributed by atoms with van der Waals surface area (Å²) < 4.78 is 5.48. The Balaban J connectivity index is 1.57. The van der Waals surface area contributed by atoms with Gasteiger partial charge >= 0.3 is 0 Å². The number of nitrogens with one attached hydrogen (secondary N) is 2. The number of carbonyl (C=O) groups is 1. The van der Waals surface area contributed by atoms with Crippen LogP contribution in [-0.4, -0.2) is 16.9 Å². The summed E-state index contributed by atoms with van der Waals surface area (Å²) >= 11 is 0. The van der Waals surface area contributed by atoms with E-state index in [1.165, 1.54) is 11.1 Å². The Labute approximate surface area is 123 Å². The highest BCUT2D eigenvalue weighted by molar-refractivity contribution is 5.82. The minimum Gasteiger partial charge on any atom is -0.444 e. The predicted octanol–water partition coefficient (Wildman–Crippen LogP) is 1.57. The van der Waals surface area contributed by atoms with Crippen molar-refractivity contribution in [3.8, 4) is 0 Å². The van der Waals surface area contributed by atoms with E-state index in [1.54, 1.807) is 6.20 Å². The van der Waals surface area contributed by atoms with Crippen LogP contribution >= 0.6 is 0 Å². The average Bonchev–Trinajstić information content (AvgIpc) is 3.00. The molecule has 0 unspecified atom stereocenters. The van der Waals surface area contributed by atoms with Crippen LogP contribution in [-0.2, 0) is 30.7 Å². The fourth-order valence-electron chi connectivity index (χ4n) is 2.52. The van der Waals surface area contributed by atoms with E-state index in [1.807, 2.05) is 19.1 Å².